The molecule has 0 amide bonds. The third-order valence-corrected chi connectivity index (χ3v) is 4.22. The maximum atomic E-state index is 9.17. The number of rotatable bonds is 3. The highest BCUT2D eigenvalue weighted by atomic mass is 16.5. The molecule has 2 saturated heterocycles. The highest BCUT2D eigenvalue weighted by Crippen LogP contribution is 2.24. The Morgan fingerprint density at radius 1 is 1.24 bits per heavy atom. The molecule has 1 aromatic heterocycles. The second-order valence-corrected chi connectivity index (χ2v) is 5.71. The summed E-state index contributed by atoms with van der Waals surface area (Å²) in [5, 5.41) is 9.17. The zero-order valence-corrected chi connectivity index (χ0v) is 12.2. The van der Waals surface area contributed by atoms with Crippen LogP contribution in [0.3, 0.4) is 0 Å². The molecule has 0 aromatic carbocycles. The maximum Gasteiger partial charge on any atom is 0.183 e. The molecule has 0 bridgehead atoms. The predicted molar refractivity (Wildman–Crippen MR) is 78.9 cm³/mol. The summed E-state index contributed by atoms with van der Waals surface area (Å²) < 4.78 is 5.40. The lowest BCUT2D eigenvalue weighted by Crippen LogP contribution is -2.45. The van der Waals surface area contributed by atoms with Crippen molar-refractivity contribution in [3.63, 3.8) is 0 Å². The van der Waals surface area contributed by atoms with Gasteiger partial charge in [-0.05, 0) is 18.8 Å². The summed E-state index contributed by atoms with van der Waals surface area (Å²) in [6, 6.07) is 2.15. The highest BCUT2D eigenvalue weighted by Gasteiger charge is 2.25. The lowest BCUT2D eigenvalue weighted by Gasteiger charge is -2.37. The number of nitrogens with zero attached hydrogens (tertiary/aromatic N) is 5. The van der Waals surface area contributed by atoms with E-state index in [0.717, 1.165) is 58.2 Å². The van der Waals surface area contributed by atoms with Crippen molar-refractivity contribution in [2.45, 2.75) is 12.8 Å². The third kappa shape index (κ3) is 3.49. The molecule has 0 N–H and O–H groups in total. The fourth-order valence-electron chi connectivity index (χ4n) is 3.20. The van der Waals surface area contributed by atoms with Gasteiger partial charge in [-0.2, -0.15) is 5.26 Å². The van der Waals surface area contributed by atoms with E-state index < -0.39 is 0 Å². The van der Waals surface area contributed by atoms with Crippen LogP contribution in [0, 0.1) is 17.2 Å². The van der Waals surface area contributed by atoms with E-state index in [-0.39, 0.29) is 0 Å². The van der Waals surface area contributed by atoms with Gasteiger partial charge in [-0.15, -0.1) is 0 Å². The Hall–Kier alpha value is -1.71. The second-order valence-electron chi connectivity index (χ2n) is 5.71. The maximum absolute atomic E-state index is 9.17. The van der Waals surface area contributed by atoms with Crippen LogP contribution in [0.5, 0.6) is 0 Å². The van der Waals surface area contributed by atoms with Crippen molar-refractivity contribution in [1.29, 1.82) is 5.26 Å². The Morgan fingerprint density at radius 2 is 2.05 bits per heavy atom. The Bertz CT molecular complexity index is 509. The van der Waals surface area contributed by atoms with Crippen LogP contribution in [0.25, 0.3) is 0 Å². The van der Waals surface area contributed by atoms with E-state index in [4.69, 9.17) is 4.74 Å². The van der Waals surface area contributed by atoms with Gasteiger partial charge in [0.25, 0.3) is 0 Å². The number of morpholine rings is 1. The number of ether oxygens (including phenoxy) is 1. The Labute approximate surface area is 125 Å². The first kappa shape index (κ1) is 14.2. The van der Waals surface area contributed by atoms with E-state index in [1.165, 1.54) is 6.42 Å². The van der Waals surface area contributed by atoms with Crippen LogP contribution in [0.1, 0.15) is 18.5 Å². The summed E-state index contributed by atoms with van der Waals surface area (Å²) in [7, 11) is 0. The fraction of sp³-hybridized carbons (Fsp3) is 0.667. The van der Waals surface area contributed by atoms with Gasteiger partial charge in [0, 0.05) is 45.1 Å². The second kappa shape index (κ2) is 6.83. The first-order valence-electron chi connectivity index (χ1n) is 7.63. The largest absolute Gasteiger partial charge is 0.379 e. The number of nitriles is 1. The lowest BCUT2D eigenvalue weighted by molar-refractivity contribution is 0.0296. The topological polar surface area (TPSA) is 65.3 Å². The zero-order valence-electron chi connectivity index (χ0n) is 12.2. The van der Waals surface area contributed by atoms with E-state index in [2.05, 4.69) is 25.8 Å². The van der Waals surface area contributed by atoms with Gasteiger partial charge in [-0.3, -0.25) is 4.90 Å². The molecule has 0 aliphatic carbocycles. The van der Waals surface area contributed by atoms with Crippen LogP contribution in [-0.2, 0) is 4.74 Å². The Kier molecular flexibility index (Phi) is 4.63. The smallest absolute Gasteiger partial charge is 0.183 e. The van der Waals surface area contributed by atoms with E-state index in [1.54, 1.807) is 12.4 Å². The number of hydrogen-bond acceptors (Lipinski definition) is 6. The van der Waals surface area contributed by atoms with E-state index in [9.17, 15) is 5.26 Å². The Balaban J connectivity index is 1.64. The average molecular weight is 287 g/mol. The van der Waals surface area contributed by atoms with Gasteiger partial charge in [0.2, 0.25) is 0 Å². The molecule has 2 aliphatic heterocycles. The van der Waals surface area contributed by atoms with Crippen molar-refractivity contribution in [3.05, 3.63) is 18.1 Å². The van der Waals surface area contributed by atoms with Gasteiger partial charge in [0.1, 0.15) is 6.07 Å². The van der Waals surface area contributed by atoms with Crippen LogP contribution in [0.4, 0.5) is 5.82 Å². The van der Waals surface area contributed by atoms with Crippen LogP contribution in [-0.4, -0.2) is 60.8 Å². The minimum absolute atomic E-state index is 0.435. The lowest BCUT2D eigenvalue weighted by atomic mass is 9.97. The summed E-state index contributed by atoms with van der Waals surface area (Å²) in [5.74, 6) is 1.37. The van der Waals surface area contributed by atoms with Gasteiger partial charge < -0.3 is 9.64 Å². The summed E-state index contributed by atoms with van der Waals surface area (Å²) in [6.07, 6.45) is 5.64. The molecule has 0 radical (unpaired) electrons. The van der Waals surface area contributed by atoms with Crippen LogP contribution < -0.4 is 4.90 Å². The predicted octanol–water partition coefficient (Wildman–Crippen LogP) is 0.897. The molecule has 6 heteroatoms. The molecule has 0 saturated carbocycles. The minimum Gasteiger partial charge on any atom is -0.379 e. The van der Waals surface area contributed by atoms with Gasteiger partial charge in [-0.1, -0.05) is 0 Å². The van der Waals surface area contributed by atoms with Crippen molar-refractivity contribution >= 4 is 5.82 Å². The van der Waals surface area contributed by atoms with Gasteiger partial charge in [0.15, 0.2) is 11.5 Å². The van der Waals surface area contributed by atoms with E-state index in [0.29, 0.717) is 11.6 Å². The van der Waals surface area contributed by atoms with E-state index >= 15 is 0 Å². The van der Waals surface area contributed by atoms with Crippen molar-refractivity contribution in [3.8, 4) is 6.07 Å². The molecule has 3 heterocycles. The monoisotopic (exact) mass is 287 g/mol. The molecule has 2 aliphatic rings. The van der Waals surface area contributed by atoms with Crippen LogP contribution in [0.2, 0.25) is 0 Å². The van der Waals surface area contributed by atoms with Crippen molar-refractivity contribution < 1.29 is 4.74 Å². The molecule has 1 atom stereocenters. The van der Waals surface area contributed by atoms with Crippen molar-refractivity contribution in [1.82, 2.24) is 14.9 Å². The molecule has 1 unspecified atom stereocenters. The molecule has 1 aromatic rings. The number of aromatic nitrogens is 2. The van der Waals surface area contributed by atoms with Crippen molar-refractivity contribution in [2.75, 3.05) is 50.8 Å². The van der Waals surface area contributed by atoms with Gasteiger partial charge >= 0.3 is 0 Å². The normalized spacial score (nSPS) is 23.8. The quantitative estimate of drug-likeness (QED) is 0.823. The summed E-state index contributed by atoms with van der Waals surface area (Å²) in [6.45, 7) is 6.80. The molecule has 6 nitrogen and oxygen atoms in total. The summed E-state index contributed by atoms with van der Waals surface area (Å²) in [4.78, 5) is 13.2. The average Bonchev–Trinajstić information content (AvgIpc) is 2.56. The summed E-state index contributed by atoms with van der Waals surface area (Å²) in [5.41, 5.74) is 0.435. The first-order valence-corrected chi connectivity index (χ1v) is 7.63. The van der Waals surface area contributed by atoms with Crippen LogP contribution in [0.15, 0.2) is 12.4 Å². The zero-order chi connectivity index (χ0) is 14.5. The minimum atomic E-state index is 0.435. The van der Waals surface area contributed by atoms with Crippen molar-refractivity contribution in [2.24, 2.45) is 5.92 Å². The molecule has 112 valence electrons. The number of piperidine rings is 1. The van der Waals surface area contributed by atoms with Gasteiger partial charge in [0.05, 0.1) is 13.2 Å². The number of anilines is 1. The third-order valence-electron chi connectivity index (χ3n) is 4.22. The molecule has 0 spiro atoms. The fourth-order valence-corrected chi connectivity index (χ4v) is 3.20. The Morgan fingerprint density at radius 3 is 2.86 bits per heavy atom. The van der Waals surface area contributed by atoms with E-state index in [1.807, 2.05) is 0 Å². The summed E-state index contributed by atoms with van der Waals surface area (Å²) >= 11 is 0. The molecular weight excluding hydrogens is 266 g/mol. The molecule has 3 rings (SSSR count). The molecular formula is C15H21N5O. The molecule has 2 fully saturated rings. The standard InChI is InChI=1S/C15H21N5O/c16-10-14-15(18-4-3-17-14)20-5-1-2-13(12-20)11-19-6-8-21-9-7-19/h3-4,13H,1-2,5-9,11-12H2. The van der Waals surface area contributed by atoms with Crippen LogP contribution >= 0.6 is 0 Å². The van der Waals surface area contributed by atoms with Gasteiger partial charge in [-0.25, -0.2) is 9.97 Å². The first-order chi connectivity index (χ1) is 10.4. The molecule has 21 heavy (non-hydrogen) atoms. The number of hydrogen-bond donors (Lipinski definition) is 0. The SMILES string of the molecule is N#Cc1nccnc1N1CCCC(CN2CCOCC2)C1. The highest BCUT2D eigenvalue weighted by molar-refractivity contribution is 5.49.